The van der Waals surface area contributed by atoms with E-state index in [-0.39, 0.29) is 12.1 Å². The minimum absolute atomic E-state index is 0.130. The van der Waals surface area contributed by atoms with Crippen LogP contribution in [0.1, 0.15) is 22.5 Å². The summed E-state index contributed by atoms with van der Waals surface area (Å²) in [5.41, 5.74) is -0.597. The van der Waals surface area contributed by atoms with E-state index >= 15 is 0 Å². The molecular formula is C20H15ClN4O4. The maximum Gasteiger partial charge on any atom is 0.357 e. The molecule has 0 spiro atoms. The lowest BCUT2D eigenvalue weighted by molar-refractivity contribution is -0.137. The maximum absolute atomic E-state index is 12.1. The Morgan fingerprint density at radius 1 is 1.34 bits per heavy atom. The highest BCUT2D eigenvalue weighted by molar-refractivity contribution is 6.30. The number of aromatic nitrogens is 3. The number of carboxylic acids is 1. The molecule has 29 heavy (non-hydrogen) atoms. The topological polar surface area (TPSA) is 109 Å². The molecule has 0 bridgehead atoms. The summed E-state index contributed by atoms with van der Waals surface area (Å²) >= 11 is 6.22. The highest BCUT2D eigenvalue weighted by Gasteiger charge is 2.42. The zero-order chi connectivity index (χ0) is 20.8. The molecule has 3 heterocycles. The smallest absolute Gasteiger partial charge is 0.357 e. The summed E-state index contributed by atoms with van der Waals surface area (Å²) in [4.78, 5) is 29.3. The molecule has 146 valence electrons. The Bertz CT molecular complexity index is 1230. The first-order valence-corrected chi connectivity index (χ1v) is 9.05. The molecule has 1 atom stereocenters. The van der Waals surface area contributed by atoms with Gasteiger partial charge in [-0.25, -0.2) is 14.5 Å². The van der Waals surface area contributed by atoms with Crippen molar-refractivity contribution in [1.82, 2.24) is 19.7 Å². The van der Waals surface area contributed by atoms with Crippen LogP contribution in [0.3, 0.4) is 0 Å². The number of amides is 1. The lowest BCUT2D eigenvalue weighted by atomic mass is 10.0. The van der Waals surface area contributed by atoms with Gasteiger partial charge in [-0.15, -0.1) is 0 Å². The third-order valence-corrected chi connectivity index (χ3v) is 4.91. The number of benzene rings is 1. The number of likely N-dealkylation sites (tertiary alicyclic amines) is 1. The van der Waals surface area contributed by atoms with Crippen molar-refractivity contribution in [3.05, 3.63) is 52.8 Å². The molecule has 0 radical (unpaired) electrons. The molecule has 3 aromatic rings. The number of carbonyl (C=O) groups excluding carboxylic acids is 1. The molecule has 1 fully saturated rings. The van der Waals surface area contributed by atoms with Crippen LogP contribution in [0.15, 0.2) is 36.5 Å². The Hall–Kier alpha value is -3.41. The van der Waals surface area contributed by atoms with Crippen LogP contribution in [0.5, 0.6) is 0 Å². The summed E-state index contributed by atoms with van der Waals surface area (Å²) in [6, 6.07) is 8.08. The second-order valence-electron chi connectivity index (χ2n) is 6.73. The van der Waals surface area contributed by atoms with Gasteiger partial charge in [-0.2, -0.15) is 5.10 Å². The van der Waals surface area contributed by atoms with Crippen LogP contribution in [-0.4, -0.2) is 60.9 Å². The number of nitrogens with zero attached hydrogens (tertiary/aromatic N) is 4. The van der Waals surface area contributed by atoms with Crippen LogP contribution in [0.4, 0.5) is 0 Å². The summed E-state index contributed by atoms with van der Waals surface area (Å²) in [6.07, 6.45) is 1.76. The monoisotopic (exact) mass is 410 g/mol. The van der Waals surface area contributed by atoms with Crippen molar-refractivity contribution in [2.75, 3.05) is 13.6 Å². The molecule has 9 heteroatoms. The van der Waals surface area contributed by atoms with Gasteiger partial charge in [-0.05, 0) is 30.3 Å². The zero-order valence-corrected chi connectivity index (χ0v) is 16.0. The van der Waals surface area contributed by atoms with E-state index in [2.05, 4.69) is 21.9 Å². The van der Waals surface area contributed by atoms with Crippen molar-refractivity contribution >= 4 is 34.5 Å². The van der Waals surface area contributed by atoms with Crippen LogP contribution in [0.25, 0.3) is 16.7 Å². The van der Waals surface area contributed by atoms with Gasteiger partial charge in [0.2, 0.25) is 5.60 Å². The van der Waals surface area contributed by atoms with E-state index in [4.69, 9.17) is 11.6 Å². The molecule has 8 nitrogen and oxygen atoms in total. The largest absolute Gasteiger partial charge is 0.476 e. The second-order valence-corrected chi connectivity index (χ2v) is 7.16. The van der Waals surface area contributed by atoms with Crippen LogP contribution in [-0.2, 0) is 4.79 Å². The lowest BCUT2D eigenvalue weighted by Gasteiger charge is -2.13. The van der Waals surface area contributed by atoms with Crippen molar-refractivity contribution in [3.63, 3.8) is 0 Å². The summed E-state index contributed by atoms with van der Waals surface area (Å²) in [5.74, 6) is 3.82. The van der Waals surface area contributed by atoms with Crippen molar-refractivity contribution < 1.29 is 19.8 Å². The fraction of sp³-hybridized carbons (Fsp3) is 0.200. The van der Waals surface area contributed by atoms with Crippen molar-refractivity contribution in [2.45, 2.75) is 12.0 Å². The number of rotatable bonds is 2. The molecule has 1 aliphatic heterocycles. The highest BCUT2D eigenvalue weighted by atomic mass is 35.5. The van der Waals surface area contributed by atoms with E-state index in [1.807, 2.05) is 0 Å². The summed E-state index contributed by atoms with van der Waals surface area (Å²) in [5, 5.41) is 24.8. The van der Waals surface area contributed by atoms with E-state index in [0.717, 1.165) is 0 Å². The average Bonchev–Trinajstić information content (AvgIpc) is 3.20. The zero-order valence-electron chi connectivity index (χ0n) is 15.3. The number of carboxylic acid groups (broad SMARTS) is 1. The molecular weight excluding hydrogens is 396 g/mol. The first kappa shape index (κ1) is 18.9. The number of halogens is 1. The molecule has 1 aliphatic rings. The van der Waals surface area contributed by atoms with Gasteiger partial charge in [-0.3, -0.25) is 4.79 Å². The van der Waals surface area contributed by atoms with Gasteiger partial charge in [0, 0.05) is 36.8 Å². The molecule has 2 aromatic heterocycles. The average molecular weight is 411 g/mol. The van der Waals surface area contributed by atoms with Crippen LogP contribution >= 0.6 is 11.6 Å². The summed E-state index contributed by atoms with van der Waals surface area (Å²) in [6.45, 7) is 0.424. The third kappa shape index (κ3) is 3.31. The molecule has 4 rings (SSSR count). The standard InChI is InChI=1S/C20H15ClN4O4/c1-24-8-6-20(29,19(24)28)5-4-12-9-13(21)11-14(10-12)25-17-15(3-2-7-22-17)16(23-25)18(26)27/h2-3,7,9-11,29H,6,8H2,1H3,(H,26,27)/t20-/m0/s1. The van der Waals surface area contributed by atoms with Crippen molar-refractivity contribution in [3.8, 4) is 17.5 Å². The first-order valence-electron chi connectivity index (χ1n) is 8.68. The van der Waals surface area contributed by atoms with Crippen molar-refractivity contribution in [1.29, 1.82) is 0 Å². The van der Waals surface area contributed by atoms with E-state index in [1.165, 1.54) is 15.8 Å². The van der Waals surface area contributed by atoms with Gasteiger partial charge in [0.15, 0.2) is 11.3 Å². The fourth-order valence-corrected chi connectivity index (χ4v) is 3.43. The normalized spacial score (nSPS) is 18.7. The first-order chi connectivity index (χ1) is 13.8. The third-order valence-electron chi connectivity index (χ3n) is 4.70. The highest BCUT2D eigenvalue weighted by Crippen LogP contribution is 2.25. The number of aromatic carboxylic acids is 1. The minimum atomic E-state index is -1.73. The molecule has 1 saturated heterocycles. The molecule has 0 saturated carbocycles. The predicted molar refractivity (Wildman–Crippen MR) is 105 cm³/mol. The second kappa shape index (κ2) is 6.88. The van der Waals surface area contributed by atoms with Gasteiger partial charge < -0.3 is 15.1 Å². The molecule has 0 unspecified atom stereocenters. The number of hydrogen-bond acceptors (Lipinski definition) is 5. The molecule has 0 aliphatic carbocycles. The molecule has 1 aromatic carbocycles. The minimum Gasteiger partial charge on any atom is -0.476 e. The van der Waals surface area contributed by atoms with E-state index < -0.39 is 17.5 Å². The Morgan fingerprint density at radius 3 is 2.83 bits per heavy atom. The number of hydrogen-bond donors (Lipinski definition) is 2. The van der Waals surface area contributed by atoms with Gasteiger partial charge >= 0.3 is 5.97 Å². The fourth-order valence-electron chi connectivity index (χ4n) is 3.20. The van der Waals surface area contributed by atoms with E-state index in [0.29, 0.717) is 33.9 Å². The van der Waals surface area contributed by atoms with Gasteiger partial charge in [0.25, 0.3) is 5.91 Å². The lowest BCUT2D eigenvalue weighted by Crippen LogP contribution is -2.37. The number of likely N-dealkylation sites (N-methyl/N-ethyl adjacent to an activating group) is 1. The van der Waals surface area contributed by atoms with Gasteiger partial charge in [-0.1, -0.05) is 23.4 Å². The maximum atomic E-state index is 12.1. The Balaban J connectivity index is 1.80. The summed E-state index contributed by atoms with van der Waals surface area (Å²) in [7, 11) is 1.61. The predicted octanol–water partition coefficient (Wildman–Crippen LogP) is 1.72. The van der Waals surface area contributed by atoms with E-state index in [1.54, 1.807) is 37.4 Å². The van der Waals surface area contributed by atoms with Crippen LogP contribution in [0.2, 0.25) is 5.02 Å². The van der Waals surface area contributed by atoms with Gasteiger partial charge in [0.1, 0.15) is 0 Å². The number of carbonyl (C=O) groups is 2. The van der Waals surface area contributed by atoms with Gasteiger partial charge in [0.05, 0.1) is 11.1 Å². The molecule has 1 amide bonds. The Morgan fingerprint density at radius 2 is 2.14 bits per heavy atom. The Kier molecular flexibility index (Phi) is 4.49. The van der Waals surface area contributed by atoms with Crippen LogP contribution in [0, 0.1) is 11.8 Å². The van der Waals surface area contributed by atoms with Crippen LogP contribution < -0.4 is 0 Å². The number of fused-ring (bicyclic) bond motifs is 1. The van der Waals surface area contributed by atoms with Crippen molar-refractivity contribution in [2.24, 2.45) is 0 Å². The number of pyridine rings is 1. The Labute approximate surface area is 170 Å². The number of aliphatic hydroxyl groups is 1. The quantitative estimate of drug-likeness (QED) is 0.623. The van der Waals surface area contributed by atoms with E-state index in [9.17, 15) is 19.8 Å². The molecule has 2 N–H and O–H groups in total. The SMILES string of the molecule is CN1CC[C@@](O)(C#Cc2cc(Cl)cc(-n3nc(C(=O)O)c4cccnc43)c2)C1=O. The summed E-state index contributed by atoms with van der Waals surface area (Å²) < 4.78 is 1.37.